The Hall–Kier alpha value is -2.98. The van der Waals surface area contributed by atoms with E-state index in [1.54, 1.807) is 0 Å². The molecule has 0 saturated heterocycles. The van der Waals surface area contributed by atoms with Crippen molar-refractivity contribution in [3.05, 3.63) is 48.6 Å². The van der Waals surface area contributed by atoms with E-state index in [0.29, 0.717) is 25.7 Å². The standard InChI is InChI=1S/C73H134O17P2/c1-7-11-13-15-17-19-21-23-25-27-29-31-36-43-49-55-70(75)83-61-68(89-72(77)57-51-45-37-32-30-28-26-24-22-20-18-16-14-12-8-2)63-87-91(79,80)85-59-67(74)60-86-92(81,82)88-64-69(62-84-71(76)56-50-44-40-39-42-48-54-66(6)10-4)90-73(78)58-52-46-38-34-33-35-41-47-53-65(5)9-3/h19-26,65-69,74H,7-18,27-64H2,1-6H3,(H,79,80)(H,81,82)/b21-19-,22-20-,25-23-,26-24-/t65?,66?,67-,68-,69-/m1/s1. The molecular weight excluding hydrogens is 1210 g/mol. The van der Waals surface area contributed by atoms with Crippen LogP contribution in [0.4, 0.5) is 0 Å². The van der Waals surface area contributed by atoms with Crippen LogP contribution >= 0.6 is 15.6 Å². The van der Waals surface area contributed by atoms with Crippen molar-refractivity contribution in [2.24, 2.45) is 11.8 Å². The number of phosphoric ester groups is 2. The second-order valence-electron chi connectivity index (χ2n) is 25.4. The van der Waals surface area contributed by atoms with Crippen LogP contribution in [0.3, 0.4) is 0 Å². The highest BCUT2D eigenvalue weighted by atomic mass is 31.2. The first-order valence-corrected chi connectivity index (χ1v) is 39.7. The van der Waals surface area contributed by atoms with Crippen molar-refractivity contribution < 1.29 is 80.2 Å². The molecule has 0 spiro atoms. The molecule has 538 valence electrons. The van der Waals surface area contributed by atoms with Gasteiger partial charge in [-0.3, -0.25) is 37.3 Å². The number of hydrogen-bond donors (Lipinski definition) is 3. The second-order valence-corrected chi connectivity index (χ2v) is 28.3. The number of phosphoric acid groups is 2. The predicted octanol–water partition coefficient (Wildman–Crippen LogP) is 20.3. The van der Waals surface area contributed by atoms with Crippen LogP contribution in [0.2, 0.25) is 0 Å². The fourth-order valence-corrected chi connectivity index (χ4v) is 11.6. The van der Waals surface area contributed by atoms with Crippen LogP contribution in [0, 0.1) is 11.8 Å². The Balaban J connectivity index is 5.34. The SMILES string of the molecule is CCCCCC/C=C\C=C/CCCCCCCC(=O)OC[C@H](COP(=O)(O)OC[C@@H](O)COP(=O)(O)OC[C@@H](COC(=O)CCCCCCCCC(C)CC)OC(=O)CCCCCCCCCCC(C)CC)OC(=O)CCCCCCC/C=C\C=C/CCCCCC. The Bertz CT molecular complexity index is 1980. The zero-order valence-corrected chi connectivity index (χ0v) is 60.6. The average molecular weight is 1350 g/mol. The molecule has 0 aliphatic carbocycles. The van der Waals surface area contributed by atoms with Gasteiger partial charge in [0.1, 0.15) is 19.3 Å². The predicted molar refractivity (Wildman–Crippen MR) is 372 cm³/mol. The zero-order chi connectivity index (χ0) is 67.9. The van der Waals surface area contributed by atoms with Crippen LogP contribution in [-0.4, -0.2) is 96.7 Å². The van der Waals surface area contributed by atoms with E-state index in [2.05, 4.69) is 90.2 Å². The first-order valence-electron chi connectivity index (χ1n) is 36.7. The highest BCUT2D eigenvalue weighted by Crippen LogP contribution is 2.45. The van der Waals surface area contributed by atoms with E-state index >= 15 is 0 Å². The number of unbranched alkanes of at least 4 members (excludes halogenated alkanes) is 30. The molecule has 0 aliphatic rings. The lowest BCUT2D eigenvalue weighted by molar-refractivity contribution is -0.161. The van der Waals surface area contributed by atoms with Gasteiger partial charge in [-0.15, -0.1) is 0 Å². The fraction of sp³-hybridized carbons (Fsp3) is 0.836. The molecule has 0 heterocycles. The van der Waals surface area contributed by atoms with Crippen molar-refractivity contribution in [1.82, 2.24) is 0 Å². The number of carbonyl (C=O) groups is 4. The maximum Gasteiger partial charge on any atom is 0.472 e. The number of rotatable bonds is 68. The topological polar surface area (TPSA) is 237 Å². The maximum atomic E-state index is 13.0. The quantitative estimate of drug-likeness (QED) is 0.0169. The first kappa shape index (κ1) is 89.0. The third-order valence-corrected chi connectivity index (χ3v) is 18.3. The Morgan fingerprint density at radius 2 is 0.609 bits per heavy atom. The van der Waals surface area contributed by atoms with E-state index in [1.807, 2.05) is 0 Å². The van der Waals surface area contributed by atoms with Gasteiger partial charge in [0.2, 0.25) is 0 Å². The number of aliphatic hydroxyl groups is 1. The molecular formula is C73H134O17P2. The molecule has 0 fully saturated rings. The smallest absolute Gasteiger partial charge is 0.462 e. The third kappa shape index (κ3) is 63.1. The normalized spacial score (nSPS) is 15.0. The number of ether oxygens (including phenoxy) is 4. The fourth-order valence-electron chi connectivity index (χ4n) is 9.98. The molecule has 17 nitrogen and oxygen atoms in total. The molecule has 3 N–H and O–H groups in total. The number of carbonyl (C=O) groups excluding carboxylic acids is 4. The molecule has 19 heteroatoms. The molecule has 0 aliphatic heterocycles. The summed E-state index contributed by atoms with van der Waals surface area (Å²) in [6.45, 7) is 9.38. The summed E-state index contributed by atoms with van der Waals surface area (Å²) < 4.78 is 68.3. The highest BCUT2D eigenvalue weighted by molar-refractivity contribution is 7.47. The van der Waals surface area contributed by atoms with Gasteiger partial charge in [-0.05, 0) is 88.9 Å². The van der Waals surface area contributed by atoms with E-state index in [9.17, 15) is 43.2 Å². The summed E-state index contributed by atoms with van der Waals surface area (Å²) in [7, 11) is -9.93. The maximum absolute atomic E-state index is 13.0. The lowest BCUT2D eigenvalue weighted by Gasteiger charge is -2.21. The van der Waals surface area contributed by atoms with Gasteiger partial charge in [0.25, 0.3) is 0 Å². The molecule has 7 atom stereocenters. The van der Waals surface area contributed by atoms with Crippen molar-refractivity contribution in [2.45, 2.75) is 342 Å². The molecule has 4 unspecified atom stereocenters. The molecule has 0 bridgehead atoms. The van der Waals surface area contributed by atoms with E-state index in [4.69, 9.17) is 37.0 Å². The summed E-state index contributed by atoms with van der Waals surface area (Å²) in [5.74, 6) is -0.691. The minimum Gasteiger partial charge on any atom is -0.462 e. The summed E-state index contributed by atoms with van der Waals surface area (Å²) in [5.41, 5.74) is 0. The van der Waals surface area contributed by atoms with Crippen molar-refractivity contribution in [2.75, 3.05) is 39.6 Å². The number of aliphatic hydroxyl groups excluding tert-OH is 1. The van der Waals surface area contributed by atoms with Crippen LogP contribution in [0.25, 0.3) is 0 Å². The second kappa shape index (κ2) is 64.0. The molecule has 0 aromatic heterocycles. The van der Waals surface area contributed by atoms with Crippen molar-refractivity contribution in [3.8, 4) is 0 Å². The van der Waals surface area contributed by atoms with Gasteiger partial charge in [0.05, 0.1) is 26.4 Å². The molecule has 92 heavy (non-hydrogen) atoms. The van der Waals surface area contributed by atoms with Crippen LogP contribution < -0.4 is 0 Å². The summed E-state index contributed by atoms with van der Waals surface area (Å²) in [6, 6.07) is 0. The molecule has 0 saturated carbocycles. The Kier molecular flexibility index (Phi) is 62.0. The lowest BCUT2D eigenvalue weighted by Crippen LogP contribution is -2.30. The molecule has 0 aromatic carbocycles. The van der Waals surface area contributed by atoms with E-state index in [1.165, 1.54) is 103 Å². The monoisotopic (exact) mass is 1340 g/mol. The first-order chi connectivity index (χ1) is 44.4. The van der Waals surface area contributed by atoms with Gasteiger partial charge in [0, 0.05) is 25.7 Å². The van der Waals surface area contributed by atoms with Crippen molar-refractivity contribution in [3.63, 3.8) is 0 Å². The molecule has 0 amide bonds. The van der Waals surface area contributed by atoms with Crippen LogP contribution in [0.15, 0.2) is 48.6 Å². The van der Waals surface area contributed by atoms with Crippen LogP contribution in [-0.2, 0) is 65.4 Å². The van der Waals surface area contributed by atoms with E-state index in [-0.39, 0.29) is 25.7 Å². The van der Waals surface area contributed by atoms with E-state index in [0.717, 1.165) is 140 Å². The van der Waals surface area contributed by atoms with Gasteiger partial charge in [0.15, 0.2) is 12.2 Å². The number of esters is 4. The Morgan fingerprint density at radius 1 is 0.348 bits per heavy atom. The van der Waals surface area contributed by atoms with Crippen molar-refractivity contribution >= 4 is 39.5 Å². The molecule has 0 aromatic rings. The van der Waals surface area contributed by atoms with Gasteiger partial charge >= 0.3 is 39.5 Å². The molecule has 0 rings (SSSR count). The number of allylic oxidation sites excluding steroid dienone is 8. The summed E-state index contributed by atoms with van der Waals surface area (Å²) in [4.78, 5) is 72.6. The minimum absolute atomic E-state index is 0.0777. The Morgan fingerprint density at radius 3 is 0.913 bits per heavy atom. The van der Waals surface area contributed by atoms with Gasteiger partial charge < -0.3 is 33.8 Å². The largest absolute Gasteiger partial charge is 0.472 e. The summed E-state index contributed by atoms with van der Waals surface area (Å²) in [5, 5.41) is 10.6. The van der Waals surface area contributed by atoms with Crippen LogP contribution in [0.5, 0.6) is 0 Å². The highest BCUT2D eigenvalue weighted by Gasteiger charge is 2.30. The number of hydrogen-bond acceptors (Lipinski definition) is 15. The third-order valence-electron chi connectivity index (χ3n) is 16.4. The van der Waals surface area contributed by atoms with Gasteiger partial charge in [-0.2, -0.15) is 0 Å². The Labute approximate surface area is 559 Å². The average Bonchev–Trinajstić information content (AvgIpc) is 1.49. The summed E-state index contributed by atoms with van der Waals surface area (Å²) in [6.07, 6.45) is 55.7. The van der Waals surface area contributed by atoms with Crippen molar-refractivity contribution in [1.29, 1.82) is 0 Å². The van der Waals surface area contributed by atoms with Crippen LogP contribution in [0.1, 0.15) is 324 Å². The van der Waals surface area contributed by atoms with E-state index < -0.39 is 97.5 Å². The lowest BCUT2D eigenvalue weighted by atomic mass is 9.99. The summed E-state index contributed by atoms with van der Waals surface area (Å²) >= 11 is 0. The molecule has 0 radical (unpaired) electrons. The van der Waals surface area contributed by atoms with Gasteiger partial charge in [-0.25, -0.2) is 9.13 Å². The minimum atomic E-state index is -4.97. The zero-order valence-electron chi connectivity index (χ0n) is 58.8. The van der Waals surface area contributed by atoms with Gasteiger partial charge in [-0.1, -0.05) is 270 Å².